The van der Waals surface area contributed by atoms with Gasteiger partial charge in [0, 0.05) is 34.7 Å². The van der Waals surface area contributed by atoms with Gasteiger partial charge in [-0.2, -0.15) is 0 Å². The third-order valence-electron chi connectivity index (χ3n) is 4.39. The molecule has 0 saturated carbocycles. The molecule has 0 fully saturated rings. The summed E-state index contributed by atoms with van der Waals surface area (Å²) in [5.41, 5.74) is 2.28. The van der Waals surface area contributed by atoms with Gasteiger partial charge in [-0.05, 0) is 58.6 Å². The number of sulfonamides is 1. The Hall–Kier alpha value is -1.41. The van der Waals surface area contributed by atoms with Gasteiger partial charge in [-0.25, -0.2) is 13.1 Å². The Morgan fingerprint density at radius 3 is 2.69 bits per heavy atom. The van der Waals surface area contributed by atoms with Crippen LogP contribution in [0.15, 0.2) is 45.8 Å². The van der Waals surface area contributed by atoms with Crippen molar-refractivity contribution in [2.45, 2.75) is 37.8 Å². The van der Waals surface area contributed by atoms with Crippen LogP contribution in [0.25, 0.3) is 0 Å². The molecule has 5 nitrogen and oxygen atoms in total. The van der Waals surface area contributed by atoms with E-state index >= 15 is 0 Å². The molecule has 1 amide bonds. The molecule has 2 aromatic rings. The van der Waals surface area contributed by atoms with E-state index in [1.165, 1.54) is 6.92 Å². The van der Waals surface area contributed by atoms with Gasteiger partial charge in [0.1, 0.15) is 0 Å². The highest BCUT2D eigenvalue weighted by Crippen LogP contribution is 2.38. The number of hydrogen-bond donors (Lipinski definition) is 1. The molecule has 8 heteroatoms. The minimum Gasteiger partial charge on any atom is -0.309 e. The van der Waals surface area contributed by atoms with Crippen LogP contribution in [0.3, 0.4) is 0 Å². The first kappa shape index (κ1) is 19.4. The van der Waals surface area contributed by atoms with Gasteiger partial charge in [-0.15, -0.1) is 0 Å². The minimum atomic E-state index is -3.79. The van der Waals surface area contributed by atoms with Gasteiger partial charge < -0.3 is 4.90 Å². The normalized spacial score (nSPS) is 16.6. The molecule has 1 aliphatic heterocycles. The summed E-state index contributed by atoms with van der Waals surface area (Å²) < 4.78 is 28.7. The highest BCUT2D eigenvalue weighted by Gasteiger charge is 2.31. The van der Waals surface area contributed by atoms with E-state index in [2.05, 4.69) is 20.7 Å². The van der Waals surface area contributed by atoms with Gasteiger partial charge >= 0.3 is 0 Å². The average Bonchev–Trinajstić information content (AvgIpc) is 2.88. The summed E-state index contributed by atoms with van der Waals surface area (Å²) in [5.74, 6) is -0.106. The van der Waals surface area contributed by atoms with Crippen molar-refractivity contribution >= 4 is 49.1 Å². The molecule has 0 bridgehead atoms. The van der Waals surface area contributed by atoms with Crippen molar-refractivity contribution in [2.24, 2.45) is 0 Å². The number of nitrogens with one attached hydrogen (secondary N) is 1. The SMILES string of the molecule is CC(=O)N1c2cc(S(=O)(=O)NCc3ccccc3Cl)c(Br)cc2C[C@H]1C. The number of rotatable bonds is 4. The Balaban J connectivity index is 1.94. The topological polar surface area (TPSA) is 66.5 Å². The second-order valence-corrected chi connectivity index (χ2v) is 9.27. The minimum absolute atomic E-state index is 0.00318. The monoisotopic (exact) mass is 456 g/mol. The number of benzene rings is 2. The molecule has 1 aliphatic rings. The number of amides is 1. The van der Waals surface area contributed by atoms with Crippen LogP contribution in [0.2, 0.25) is 5.02 Å². The third kappa shape index (κ3) is 3.67. The molecule has 0 aromatic heterocycles. The third-order valence-corrected chi connectivity index (χ3v) is 7.12. The molecule has 1 atom stereocenters. The molecule has 138 valence electrons. The van der Waals surface area contributed by atoms with Gasteiger partial charge in [-0.3, -0.25) is 4.79 Å². The van der Waals surface area contributed by atoms with E-state index in [9.17, 15) is 13.2 Å². The number of carbonyl (C=O) groups is 1. The Kier molecular flexibility index (Phi) is 5.44. The second kappa shape index (κ2) is 7.31. The first-order chi connectivity index (χ1) is 12.2. The number of fused-ring (bicyclic) bond motifs is 1. The van der Waals surface area contributed by atoms with Crippen molar-refractivity contribution in [3.8, 4) is 0 Å². The van der Waals surface area contributed by atoms with E-state index in [4.69, 9.17) is 11.6 Å². The zero-order chi connectivity index (χ0) is 19.1. The molecular weight excluding hydrogens is 440 g/mol. The highest BCUT2D eigenvalue weighted by molar-refractivity contribution is 9.10. The molecule has 0 saturated heterocycles. The molecule has 3 rings (SSSR count). The first-order valence-corrected chi connectivity index (χ1v) is 10.7. The Morgan fingerprint density at radius 1 is 1.35 bits per heavy atom. The molecule has 1 N–H and O–H groups in total. The van der Waals surface area contributed by atoms with E-state index in [1.807, 2.05) is 6.92 Å². The Morgan fingerprint density at radius 2 is 2.04 bits per heavy atom. The summed E-state index contributed by atoms with van der Waals surface area (Å²) >= 11 is 9.44. The first-order valence-electron chi connectivity index (χ1n) is 8.06. The summed E-state index contributed by atoms with van der Waals surface area (Å²) in [4.78, 5) is 13.7. The fourth-order valence-electron chi connectivity index (χ4n) is 3.20. The highest BCUT2D eigenvalue weighted by atomic mass is 79.9. The number of hydrogen-bond acceptors (Lipinski definition) is 3. The molecular formula is C18H18BrClN2O3S. The van der Waals surface area contributed by atoms with E-state index in [0.29, 0.717) is 27.2 Å². The predicted molar refractivity (Wildman–Crippen MR) is 106 cm³/mol. The van der Waals surface area contributed by atoms with Crippen molar-refractivity contribution < 1.29 is 13.2 Å². The summed E-state index contributed by atoms with van der Waals surface area (Å²) in [6.07, 6.45) is 0.695. The summed E-state index contributed by atoms with van der Waals surface area (Å²) in [6, 6.07) is 10.4. The lowest BCUT2D eigenvalue weighted by Crippen LogP contribution is -2.33. The number of nitrogens with zero attached hydrogens (tertiary/aromatic N) is 1. The molecule has 0 spiro atoms. The van der Waals surface area contributed by atoms with E-state index in [1.54, 1.807) is 41.3 Å². The lowest BCUT2D eigenvalue weighted by Gasteiger charge is -2.21. The van der Waals surface area contributed by atoms with E-state index in [-0.39, 0.29) is 23.4 Å². The zero-order valence-corrected chi connectivity index (χ0v) is 17.5. The molecule has 0 radical (unpaired) electrons. The summed E-state index contributed by atoms with van der Waals surface area (Å²) in [5, 5.41) is 0.500. The maximum atomic E-state index is 12.8. The van der Waals surface area contributed by atoms with Crippen molar-refractivity contribution in [1.82, 2.24) is 4.72 Å². The Labute approximate surface area is 166 Å². The van der Waals surface area contributed by atoms with Gasteiger partial charge in [-0.1, -0.05) is 29.8 Å². The lowest BCUT2D eigenvalue weighted by atomic mass is 10.1. The van der Waals surface area contributed by atoms with Gasteiger partial charge in [0.05, 0.1) is 4.90 Å². The number of halogens is 2. The van der Waals surface area contributed by atoms with Crippen LogP contribution in [0.1, 0.15) is 25.0 Å². The molecule has 0 aliphatic carbocycles. The number of anilines is 1. The fraction of sp³-hybridized carbons (Fsp3) is 0.278. The van der Waals surface area contributed by atoms with Crippen LogP contribution in [-0.2, 0) is 27.8 Å². The predicted octanol–water partition coefficient (Wildman–Crippen LogP) is 3.88. The molecule has 1 heterocycles. The van der Waals surface area contributed by atoms with Crippen LogP contribution < -0.4 is 9.62 Å². The van der Waals surface area contributed by atoms with Gasteiger partial charge in [0.25, 0.3) is 0 Å². The van der Waals surface area contributed by atoms with Gasteiger partial charge in [0.15, 0.2) is 0 Å². The average molecular weight is 458 g/mol. The van der Waals surface area contributed by atoms with Crippen molar-refractivity contribution in [3.05, 3.63) is 57.0 Å². The molecule has 2 aromatic carbocycles. The smallest absolute Gasteiger partial charge is 0.242 e. The largest absolute Gasteiger partial charge is 0.309 e. The zero-order valence-electron chi connectivity index (χ0n) is 14.3. The van der Waals surface area contributed by atoms with Gasteiger partial charge in [0.2, 0.25) is 15.9 Å². The van der Waals surface area contributed by atoms with E-state index < -0.39 is 10.0 Å². The van der Waals surface area contributed by atoms with Crippen molar-refractivity contribution in [3.63, 3.8) is 0 Å². The van der Waals surface area contributed by atoms with Crippen LogP contribution in [0, 0.1) is 0 Å². The second-order valence-electron chi connectivity index (χ2n) is 6.27. The van der Waals surface area contributed by atoms with Crippen LogP contribution >= 0.6 is 27.5 Å². The summed E-state index contributed by atoms with van der Waals surface area (Å²) in [6.45, 7) is 3.51. The lowest BCUT2D eigenvalue weighted by molar-refractivity contribution is -0.116. The Bertz CT molecular complexity index is 978. The van der Waals surface area contributed by atoms with Crippen LogP contribution in [-0.4, -0.2) is 20.4 Å². The van der Waals surface area contributed by atoms with E-state index in [0.717, 1.165) is 5.56 Å². The van der Waals surface area contributed by atoms with Crippen molar-refractivity contribution in [1.29, 1.82) is 0 Å². The molecule has 26 heavy (non-hydrogen) atoms. The van der Waals surface area contributed by atoms with Crippen LogP contribution in [0.4, 0.5) is 5.69 Å². The standard InChI is InChI=1S/C18H18BrClN2O3S/c1-11-7-14-8-15(19)18(9-17(14)22(11)12(2)23)26(24,25)21-10-13-5-3-4-6-16(13)20/h3-6,8-9,11,21H,7,10H2,1-2H3/t11-/m1/s1. The number of carbonyl (C=O) groups excluding carboxylic acids is 1. The maximum Gasteiger partial charge on any atom is 0.242 e. The summed E-state index contributed by atoms with van der Waals surface area (Å²) in [7, 11) is -3.79. The maximum absolute atomic E-state index is 12.8. The van der Waals surface area contributed by atoms with Crippen LogP contribution in [0.5, 0.6) is 0 Å². The molecule has 0 unspecified atom stereocenters. The quantitative estimate of drug-likeness (QED) is 0.758. The fourth-order valence-corrected chi connectivity index (χ4v) is 5.51. The van der Waals surface area contributed by atoms with Crippen molar-refractivity contribution in [2.75, 3.05) is 4.90 Å².